The summed E-state index contributed by atoms with van der Waals surface area (Å²) in [6, 6.07) is 2.02. The largest absolute Gasteiger partial charge is 0.507 e. The zero-order valence-corrected chi connectivity index (χ0v) is 19.2. The SMILES string of the molecule is Cc1cc2c(c(C)c1O)CCC(C)(CCCCCCCCCCCC(C)C)O2. The molecule has 1 N–H and O–H groups in total. The van der Waals surface area contributed by atoms with Gasteiger partial charge in [0.2, 0.25) is 0 Å². The first-order chi connectivity index (χ1) is 13.3. The molecule has 0 spiro atoms. The van der Waals surface area contributed by atoms with E-state index in [4.69, 9.17) is 4.74 Å². The molecule has 1 aliphatic heterocycles. The van der Waals surface area contributed by atoms with Crippen LogP contribution in [0.1, 0.15) is 115 Å². The summed E-state index contributed by atoms with van der Waals surface area (Å²) in [4.78, 5) is 0. The lowest BCUT2D eigenvalue weighted by Gasteiger charge is -2.37. The third kappa shape index (κ3) is 7.01. The fraction of sp³-hybridized carbons (Fsp3) is 0.769. The van der Waals surface area contributed by atoms with Crippen molar-refractivity contribution >= 4 is 0 Å². The number of hydrogen-bond acceptors (Lipinski definition) is 2. The molecule has 0 saturated carbocycles. The average Bonchev–Trinajstić information content (AvgIpc) is 2.64. The molecule has 1 aromatic rings. The molecule has 0 bridgehead atoms. The second-order valence-corrected chi connectivity index (χ2v) is 9.81. The Morgan fingerprint density at radius 3 is 2.14 bits per heavy atom. The molecule has 2 rings (SSSR count). The van der Waals surface area contributed by atoms with Crippen LogP contribution in [0.5, 0.6) is 11.5 Å². The molecule has 2 nitrogen and oxygen atoms in total. The highest BCUT2D eigenvalue weighted by Crippen LogP contribution is 2.41. The quantitative estimate of drug-likeness (QED) is 0.367. The number of phenolic OH excluding ortho intramolecular Hbond substituents is 1. The summed E-state index contributed by atoms with van der Waals surface area (Å²) >= 11 is 0. The minimum absolute atomic E-state index is 0.0424. The molecule has 1 aromatic carbocycles. The molecule has 0 aliphatic carbocycles. The van der Waals surface area contributed by atoms with E-state index in [2.05, 4.69) is 20.8 Å². The summed E-state index contributed by atoms with van der Waals surface area (Å²) < 4.78 is 6.42. The van der Waals surface area contributed by atoms with Gasteiger partial charge in [0, 0.05) is 5.56 Å². The molecule has 1 unspecified atom stereocenters. The van der Waals surface area contributed by atoms with Gasteiger partial charge in [-0.15, -0.1) is 0 Å². The monoisotopic (exact) mass is 388 g/mol. The van der Waals surface area contributed by atoms with Crippen LogP contribution in [0.2, 0.25) is 0 Å². The highest BCUT2D eigenvalue weighted by Gasteiger charge is 2.32. The van der Waals surface area contributed by atoms with E-state index < -0.39 is 0 Å². The minimum atomic E-state index is -0.0424. The van der Waals surface area contributed by atoms with Crippen molar-refractivity contribution < 1.29 is 9.84 Å². The fourth-order valence-corrected chi connectivity index (χ4v) is 4.55. The zero-order valence-electron chi connectivity index (χ0n) is 19.2. The van der Waals surface area contributed by atoms with Crippen LogP contribution in [0, 0.1) is 19.8 Å². The molecule has 1 heterocycles. The van der Waals surface area contributed by atoms with Crippen LogP contribution in [0.3, 0.4) is 0 Å². The highest BCUT2D eigenvalue weighted by molar-refractivity contribution is 5.53. The first-order valence-electron chi connectivity index (χ1n) is 11.8. The molecule has 0 amide bonds. The maximum atomic E-state index is 10.2. The predicted octanol–water partition coefficient (Wildman–Crippen LogP) is 8.04. The highest BCUT2D eigenvalue weighted by atomic mass is 16.5. The van der Waals surface area contributed by atoms with Crippen molar-refractivity contribution in [3.8, 4) is 11.5 Å². The van der Waals surface area contributed by atoms with Crippen molar-refractivity contribution in [3.63, 3.8) is 0 Å². The van der Waals surface area contributed by atoms with Crippen molar-refractivity contribution in [3.05, 3.63) is 22.8 Å². The number of aryl methyl sites for hydroxylation is 1. The van der Waals surface area contributed by atoms with Crippen LogP contribution in [0.4, 0.5) is 0 Å². The van der Waals surface area contributed by atoms with Crippen molar-refractivity contribution in [2.45, 2.75) is 124 Å². The number of phenols is 1. The van der Waals surface area contributed by atoms with E-state index in [0.29, 0.717) is 5.75 Å². The maximum Gasteiger partial charge on any atom is 0.124 e. The smallest absolute Gasteiger partial charge is 0.124 e. The summed E-state index contributed by atoms with van der Waals surface area (Å²) in [6.07, 6.45) is 17.0. The van der Waals surface area contributed by atoms with Gasteiger partial charge >= 0.3 is 0 Å². The number of benzene rings is 1. The van der Waals surface area contributed by atoms with Crippen molar-refractivity contribution in [2.75, 3.05) is 0 Å². The number of aromatic hydroxyl groups is 1. The second-order valence-electron chi connectivity index (χ2n) is 9.81. The number of unbranched alkanes of at least 4 members (excludes halogenated alkanes) is 8. The molecular formula is C26H44O2. The lowest BCUT2D eigenvalue weighted by atomic mass is 9.86. The van der Waals surface area contributed by atoms with Crippen LogP contribution in [0.15, 0.2) is 6.07 Å². The Hall–Kier alpha value is -1.18. The van der Waals surface area contributed by atoms with Gasteiger partial charge in [0.05, 0.1) is 0 Å². The predicted molar refractivity (Wildman–Crippen MR) is 121 cm³/mol. The average molecular weight is 389 g/mol. The Bertz CT molecular complexity index is 605. The van der Waals surface area contributed by atoms with E-state index in [-0.39, 0.29) is 5.60 Å². The summed E-state index contributed by atoms with van der Waals surface area (Å²) in [6.45, 7) is 10.9. The van der Waals surface area contributed by atoms with E-state index in [0.717, 1.165) is 42.1 Å². The van der Waals surface area contributed by atoms with Gasteiger partial charge in [-0.1, -0.05) is 71.6 Å². The van der Waals surface area contributed by atoms with Crippen LogP contribution in [-0.4, -0.2) is 10.7 Å². The number of hydrogen-bond donors (Lipinski definition) is 1. The molecule has 2 heteroatoms. The van der Waals surface area contributed by atoms with E-state index in [1.54, 1.807) is 0 Å². The minimum Gasteiger partial charge on any atom is -0.507 e. The molecule has 0 aromatic heterocycles. The maximum absolute atomic E-state index is 10.2. The van der Waals surface area contributed by atoms with Gasteiger partial charge in [0.25, 0.3) is 0 Å². The number of fused-ring (bicyclic) bond motifs is 1. The van der Waals surface area contributed by atoms with Crippen molar-refractivity contribution in [2.24, 2.45) is 5.92 Å². The lowest BCUT2D eigenvalue weighted by Crippen LogP contribution is -2.36. The summed E-state index contributed by atoms with van der Waals surface area (Å²) in [5.41, 5.74) is 3.08. The van der Waals surface area contributed by atoms with E-state index >= 15 is 0 Å². The molecule has 0 radical (unpaired) electrons. The summed E-state index contributed by atoms with van der Waals surface area (Å²) in [7, 11) is 0. The normalized spacial score (nSPS) is 18.9. The van der Waals surface area contributed by atoms with Crippen LogP contribution < -0.4 is 4.74 Å². The first kappa shape index (κ1) is 23.1. The zero-order chi connectivity index (χ0) is 20.6. The third-order valence-corrected chi connectivity index (χ3v) is 6.57. The Morgan fingerprint density at radius 2 is 1.54 bits per heavy atom. The fourth-order valence-electron chi connectivity index (χ4n) is 4.55. The van der Waals surface area contributed by atoms with Gasteiger partial charge in [-0.3, -0.25) is 0 Å². The first-order valence-corrected chi connectivity index (χ1v) is 11.8. The molecule has 0 fully saturated rings. The van der Waals surface area contributed by atoms with Crippen LogP contribution in [-0.2, 0) is 6.42 Å². The van der Waals surface area contributed by atoms with Gasteiger partial charge in [0.15, 0.2) is 0 Å². The van der Waals surface area contributed by atoms with Gasteiger partial charge in [-0.2, -0.15) is 0 Å². The molecule has 160 valence electrons. The topological polar surface area (TPSA) is 29.5 Å². The van der Waals surface area contributed by atoms with Crippen molar-refractivity contribution in [1.29, 1.82) is 0 Å². The lowest BCUT2D eigenvalue weighted by molar-refractivity contribution is 0.0530. The van der Waals surface area contributed by atoms with Gasteiger partial charge in [-0.25, -0.2) is 0 Å². The molecule has 0 saturated heterocycles. The van der Waals surface area contributed by atoms with Gasteiger partial charge < -0.3 is 9.84 Å². The van der Waals surface area contributed by atoms with Crippen molar-refractivity contribution in [1.82, 2.24) is 0 Å². The van der Waals surface area contributed by atoms with E-state index in [9.17, 15) is 5.11 Å². The van der Waals surface area contributed by atoms with Crippen LogP contribution in [0.25, 0.3) is 0 Å². The number of rotatable bonds is 12. The second kappa shape index (κ2) is 11.1. The molecule has 1 atom stereocenters. The number of ether oxygens (including phenoxy) is 1. The molecular weight excluding hydrogens is 344 g/mol. The molecule has 28 heavy (non-hydrogen) atoms. The van der Waals surface area contributed by atoms with Gasteiger partial charge in [0.1, 0.15) is 17.1 Å². The molecule has 1 aliphatic rings. The summed E-state index contributed by atoms with van der Waals surface area (Å²) in [5.74, 6) is 2.30. The van der Waals surface area contributed by atoms with E-state index in [1.807, 2.05) is 19.9 Å². The Kier molecular flexibility index (Phi) is 9.18. The van der Waals surface area contributed by atoms with Gasteiger partial charge in [-0.05, 0) is 69.6 Å². The Balaban J connectivity index is 1.60. The van der Waals surface area contributed by atoms with Crippen LogP contribution >= 0.6 is 0 Å². The van der Waals surface area contributed by atoms with E-state index in [1.165, 1.54) is 69.8 Å². The Morgan fingerprint density at radius 1 is 0.964 bits per heavy atom. The summed E-state index contributed by atoms with van der Waals surface area (Å²) in [5, 5.41) is 10.2. The standard InChI is InChI=1S/C26H44O2/c1-20(2)15-13-11-9-7-6-8-10-12-14-17-26(5)18-16-23-22(4)25(27)21(3)19-24(23)28-26/h19-20,27H,6-18H2,1-5H3. The Labute approximate surface area is 174 Å². The third-order valence-electron chi connectivity index (χ3n) is 6.57.